The highest BCUT2D eigenvalue weighted by molar-refractivity contribution is 7.91. The van der Waals surface area contributed by atoms with Crippen LogP contribution in [0.25, 0.3) is 0 Å². The van der Waals surface area contributed by atoms with E-state index in [-0.39, 0.29) is 15.8 Å². The van der Waals surface area contributed by atoms with E-state index in [2.05, 4.69) is 10.3 Å². The van der Waals surface area contributed by atoms with Crippen molar-refractivity contribution in [3.05, 3.63) is 34.8 Å². The molecule has 0 saturated heterocycles. The minimum absolute atomic E-state index is 0.0301. The summed E-state index contributed by atoms with van der Waals surface area (Å²) in [4.78, 5) is 15.7. The summed E-state index contributed by atoms with van der Waals surface area (Å²) in [7, 11) is -2.51. The number of pyridine rings is 1. The zero-order valence-electron chi connectivity index (χ0n) is 11.4. The average Bonchev–Trinajstić information content (AvgIpc) is 2.88. The molecular weight excluding hydrogens is 350 g/mol. The summed E-state index contributed by atoms with van der Waals surface area (Å²) in [6.07, 6.45) is 1.39. The summed E-state index contributed by atoms with van der Waals surface area (Å²) in [6, 6.07) is 5.71. The third-order valence-electron chi connectivity index (χ3n) is 2.62. The number of amides is 1. The summed E-state index contributed by atoms with van der Waals surface area (Å²) in [5.74, 6) is -0.855. The third-order valence-corrected chi connectivity index (χ3v) is 6.13. The van der Waals surface area contributed by atoms with Gasteiger partial charge in [0, 0.05) is 13.2 Å². The maximum absolute atomic E-state index is 12.2. The van der Waals surface area contributed by atoms with Gasteiger partial charge in [-0.1, -0.05) is 11.6 Å². The van der Waals surface area contributed by atoms with Gasteiger partial charge in [-0.25, -0.2) is 13.4 Å². The van der Waals surface area contributed by atoms with E-state index in [1.165, 1.54) is 37.5 Å². The van der Waals surface area contributed by atoms with Crippen molar-refractivity contribution in [2.24, 2.45) is 0 Å². The highest BCUT2D eigenvalue weighted by Crippen LogP contribution is 2.27. The maximum Gasteiger partial charge on any atom is 0.252 e. The van der Waals surface area contributed by atoms with E-state index in [0.29, 0.717) is 4.34 Å². The van der Waals surface area contributed by atoms with Crippen molar-refractivity contribution in [3.63, 3.8) is 0 Å². The van der Waals surface area contributed by atoms with Crippen LogP contribution in [-0.2, 0) is 14.8 Å². The van der Waals surface area contributed by atoms with Gasteiger partial charge in [0.2, 0.25) is 5.91 Å². The number of aromatic hydroxyl groups is 1. The van der Waals surface area contributed by atoms with Crippen LogP contribution in [0.15, 0.2) is 34.7 Å². The molecule has 0 aliphatic heterocycles. The van der Waals surface area contributed by atoms with Gasteiger partial charge in [-0.05, 0) is 24.3 Å². The smallest absolute Gasteiger partial charge is 0.252 e. The number of rotatable bonds is 5. The number of carbonyl (C=O) groups excluding carboxylic acids is 1. The van der Waals surface area contributed by atoms with Crippen LogP contribution in [0.1, 0.15) is 0 Å². The van der Waals surface area contributed by atoms with Gasteiger partial charge in [-0.3, -0.25) is 4.79 Å². The first-order chi connectivity index (χ1) is 10.3. The minimum Gasteiger partial charge on any atom is -0.504 e. The minimum atomic E-state index is -3.79. The van der Waals surface area contributed by atoms with E-state index in [0.717, 1.165) is 15.6 Å². The number of nitrogens with one attached hydrogen (secondary N) is 1. The Kier molecular flexibility index (Phi) is 5.01. The van der Waals surface area contributed by atoms with Gasteiger partial charge in [-0.15, -0.1) is 11.3 Å². The van der Waals surface area contributed by atoms with Crippen LogP contribution in [0.2, 0.25) is 4.34 Å². The van der Waals surface area contributed by atoms with Crippen LogP contribution >= 0.6 is 22.9 Å². The topological polar surface area (TPSA) is 99.6 Å². The highest BCUT2D eigenvalue weighted by Gasteiger charge is 2.25. The van der Waals surface area contributed by atoms with Gasteiger partial charge in [-0.2, -0.15) is 4.31 Å². The third kappa shape index (κ3) is 3.74. The molecule has 0 radical (unpaired) electrons. The Hall–Kier alpha value is -1.68. The molecule has 7 nitrogen and oxygen atoms in total. The zero-order valence-corrected chi connectivity index (χ0v) is 13.7. The summed E-state index contributed by atoms with van der Waals surface area (Å²) >= 11 is 6.63. The number of likely N-dealkylation sites (N-methyl/N-ethyl adjacent to an activating group) is 1. The zero-order chi connectivity index (χ0) is 16.3. The van der Waals surface area contributed by atoms with E-state index in [1.54, 1.807) is 0 Å². The van der Waals surface area contributed by atoms with Crippen molar-refractivity contribution in [3.8, 4) is 5.75 Å². The molecule has 0 fully saturated rings. The van der Waals surface area contributed by atoms with E-state index < -0.39 is 22.5 Å². The number of carbonyl (C=O) groups is 1. The second-order valence-electron chi connectivity index (χ2n) is 4.24. The lowest BCUT2D eigenvalue weighted by Gasteiger charge is -2.15. The molecule has 0 atom stereocenters. The van der Waals surface area contributed by atoms with Crippen molar-refractivity contribution in [1.82, 2.24) is 9.29 Å². The molecule has 2 N–H and O–H groups in total. The molecule has 2 aromatic rings. The lowest BCUT2D eigenvalue weighted by atomic mass is 10.4. The molecule has 118 valence electrons. The molecule has 1 amide bonds. The Morgan fingerprint density at radius 3 is 2.77 bits per heavy atom. The fraction of sp³-hybridized carbons (Fsp3) is 0.167. The van der Waals surface area contributed by atoms with Crippen molar-refractivity contribution < 1.29 is 18.3 Å². The molecule has 2 rings (SSSR count). The van der Waals surface area contributed by atoms with E-state index in [9.17, 15) is 18.3 Å². The van der Waals surface area contributed by atoms with Gasteiger partial charge in [0.1, 0.15) is 4.21 Å². The number of sulfonamides is 1. The van der Waals surface area contributed by atoms with Crippen LogP contribution < -0.4 is 5.32 Å². The first-order valence-electron chi connectivity index (χ1n) is 5.96. The highest BCUT2D eigenvalue weighted by atomic mass is 35.5. The fourth-order valence-electron chi connectivity index (χ4n) is 1.54. The maximum atomic E-state index is 12.2. The Bertz CT molecular complexity index is 791. The number of nitrogens with zero attached hydrogens (tertiary/aromatic N) is 2. The van der Waals surface area contributed by atoms with Gasteiger partial charge in [0.15, 0.2) is 11.6 Å². The van der Waals surface area contributed by atoms with Gasteiger partial charge < -0.3 is 10.4 Å². The second kappa shape index (κ2) is 6.61. The standard InChI is InChI=1S/C12H12ClN3O4S2/c1-16(22(19,20)11-5-4-9(13)21-11)7-10(18)15-12-8(17)3-2-6-14-12/h2-6,17H,7H2,1H3,(H,14,15,18). The molecule has 0 spiro atoms. The second-order valence-corrected chi connectivity index (χ2v) is 8.23. The van der Waals surface area contributed by atoms with Gasteiger partial charge >= 0.3 is 0 Å². The molecule has 2 heterocycles. The van der Waals surface area contributed by atoms with Gasteiger partial charge in [0.25, 0.3) is 10.0 Å². The Morgan fingerprint density at radius 1 is 1.45 bits per heavy atom. The Morgan fingerprint density at radius 2 is 2.18 bits per heavy atom. The molecular formula is C12H12ClN3O4S2. The first-order valence-corrected chi connectivity index (χ1v) is 8.59. The number of hydrogen-bond acceptors (Lipinski definition) is 6. The van der Waals surface area contributed by atoms with Crippen LogP contribution in [-0.4, -0.2) is 42.3 Å². The molecule has 22 heavy (non-hydrogen) atoms. The Labute approximate surface area is 136 Å². The molecule has 0 unspecified atom stereocenters. The molecule has 0 aliphatic carbocycles. The fourth-order valence-corrected chi connectivity index (χ4v) is 4.36. The van der Waals surface area contributed by atoms with Crippen LogP contribution in [0, 0.1) is 0 Å². The van der Waals surface area contributed by atoms with Crippen LogP contribution in [0.5, 0.6) is 5.75 Å². The first kappa shape index (κ1) is 16.7. The molecule has 0 aliphatic rings. The normalized spacial score (nSPS) is 11.6. The van der Waals surface area contributed by atoms with Crippen LogP contribution in [0.3, 0.4) is 0 Å². The summed E-state index contributed by atoms with van der Waals surface area (Å²) in [5, 5.41) is 11.9. The summed E-state index contributed by atoms with van der Waals surface area (Å²) < 4.78 is 25.8. The largest absolute Gasteiger partial charge is 0.504 e. The molecule has 0 saturated carbocycles. The van der Waals surface area contributed by atoms with E-state index >= 15 is 0 Å². The number of anilines is 1. The SMILES string of the molecule is CN(CC(=O)Nc1ncccc1O)S(=O)(=O)c1ccc(Cl)s1. The summed E-state index contributed by atoms with van der Waals surface area (Å²) in [5.41, 5.74) is 0. The quantitative estimate of drug-likeness (QED) is 0.845. The van der Waals surface area contributed by atoms with E-state index in [4.69, 9.17) is 11.6 Å². The van der Waals surface area contributed by atoms with Crippen molar-refractivity contribution in [2.75, 3.05) is 18.9 Å². The monoisotopic (exact) mass is 361 g/mol. The van der Waals surface area contributed by atoms with Crippen molar-refractivity contribution in [1.29, 1.82) is 0 Å². The molecule has 0 bridgehead atoms. The molecule has 10 heteroatoms. The lowest BCUT2D eigenvalue weighted by Crippen LogP contribution is -2.34. The predicted molar refractivity (Wildman–Crippen MR) is 83.7 cm³/mol. The number of aromatic nitrogens is 1. The average molecular weight is 362 g/mol. The predicted octanol–water partition coefficient (Wildman–Crippen LogP) is 1.76. The molecule has 0 aromatic carbocycles. The number of hydrogen-bond donors (Lipinski definition) is 2. The lowest BCUT2D eigenvalue weighted by molar-refractivity contribution is -0.116. The number of halogens is 1. The Balaban J connectivity index is 2.07. The van der Waals surface area contributed by atoms with Gasteiger partial charge in [0.05, 0.1) is 10.9 Å². The molecule has 2 aromatic heterocycles. The number of thiophene rings is 1. The summed E-state index contributed by atoms with van der Waals surface area (Å²) in [6.45, 7) is -0.423. The van der Waals surface area contributed by atoms with E-state index in [1.807, 2.05) is 0 Å². The van der Waals surface area contributed by atoms with Crippen LogP contribution in [0.4, 0.5) is 5.82 Å². The van der Waals surface area contributed by atoms with Crippen molar-refractivity contribution in [2.45, 2.75) is 4.21 Å². The van der Waals surface area contributed by atoms with Crippen molar-refractivity contribution >= 4 is 44.7 Å².